The van der Waals surface area contributed by atoms with E-state index in [0.29, 0.717) is 18.0 Å². The van der Waals surface area contributed by atoms with Gasteiger partial charge in [-0.3, -0.25) is 0 Å². The second kappa shape index (κ2) is 6.87. The first kappa shape index (κ1) is 15.0. The molecule has 1 N–H and O–H groups in total. The van der Waals surface area contributed by atoms with Gasteiger partial charge >= 0.3 is 0 Å². The second-order valence-electron chi connectivity index (χ2n) is 5.80. The molecule has 2 atom stereocenters. The summed E-state index contributed by atoms with van der Waals surface area (Å²) in [5.74, 6) is 0.554. The van der Waals surface area contributed by atoms with Gasteiger partial charge in [0.1, 0.15) is 0 Å². The molecule has 2 unspecified atom stereocenters. The van der Waals surface area contributed by atoms with E-state index in [1.165, 1.54) is 16.3 Å². The number of fused-ring (bicyclic) bond motifs is 1. The summed E-state index contributed by atoms with van der Waals surface area (Å²) < 4.78 is 5.31. The maximum Gasteiger partial charge on any atom is 0.0618 e. The standard InChI is InChI=1S/C18H25NO/c1-13(2)18(12-20-4)19-14(3)16-10-9-15-7-5-6-8-17(15)11-16/h5-11,13-14,18-19H,12H2,1-4H3. The Bertz CT molecular complexity index is 550. The molecule has 0 bridgehead atoms. The van der Waals surface area contributed by atoms with Crippen molar-refractivity contribution in [3.05, 3.63) is 48.0 Å². The van der Waals surface area contributed by atoms with Gasteiger partial charge in [0.25, 0.3) is 0 Å². The zero-order chi connectivity index (χ0) is 14.5. The smallest absolute Gasteiger partial charge is 0.0618 e. The Balaban J connectivity index is 2.15. The molecule has 108 valence electrons. The van der Waals surface area contributed by atoms with Crippen LogP contribution in [0.1, 0.15) is 32.4 Å². The number of benzene rings is 2. The molecule has 2 nitrogen and oxygen atoms in total. The molecule has 0 amide bonds. The summed E-state index contributed by atoms with van der Waals surface area (Å²) in [7, 11) is 1.76. The van der Waals surface area contributed by atoms with Crippen LogP contribution in [0.5, 0.6) is 0 Å². The number of nitrogens with one attached hydrogen (secondary N) is 1. The third-order valence-electron chi connectivity index (χ3n) is 3.89. The molecule has 0 saturated heterocycles. The highest BCUT2D eigenvalue weighted by Crippen LogP contribution is 2.21. The van der Waals surface area contributed by atoms with Crippen LogP contribution in [-0.4, -0.2) is 19.8 Å². The zero-order valence-electron chi connectivity index (χ0n) is 12.9. The van der Waals surface area contributed by atoms with Crippen molar-refractivity contribution in [3.8, 4) is 0 Å². The van der Waals surface area contributed by atoms with Crippen LogP contribution in [0.3, 0.4) is 0 Å². The molecule has 0 aliphatic carbocycles. The average Bonchev–Trinajstić information content (AvgIpc) is 2.46. The highest BCUT2D eigenvalue weighted by molar-refractivity contribution is 5.83. The number of hydrogen-bond acceptors (Lipinski definition) is 2. The summed E-state index contributed by atoms with van der Waals surface area (Å²) in [5.41, 5.74) is 1.32. The summed E-state index contributed by atoms with van der Waals surface area (Å²) in [6.07, 6.45) is 0. The minimum atomic E-state index is 0.321. The van der Waals surface area contributed by atoms with E-state index in [1.54, 1.807) is 7.11 Å². The summed E-state index contributed by atoms with van der Waals surface area (Å²) >= 11 is 0. The van der Waals surface area contributed by atoms with Crippen molar-refractivity contribution in [1.29, 1.82) is 0 Å². The van der Waals surface area contributed by atoms with E-state index in [-0.39, 0.29) is 0 Å². The molecule has 0 heterocycles. The van der Waals surface area contributed by atoms with Gasteiger partial charge in [0.05, 0.1) is 6.61 Å². The van der Waals surface area contributed by atoms with Crippen molar-refractivity contribution in [2.24, 2.45) is 5.92 Å². The molecular formula is C18H25NO. The fourth-order valence-electron chi connectivity index (χ4n) is 2.51. The summed E-state index contributed by atoms with van der Waals surface area (Å²) in [6.45, 7) is 7.42. The van der Waals surface area contributed by atoms with Crippen LogP contribution in [0.15, 0.2) is 42.5 Å². The minimum Gasteiger partial charge on any atom is -0.383 e. The zero-order valence-corrected chi connectivity index (χ0v) is 12.9. The van der Waals surface area contributed by atoms with Gasteiger partial charge in [-0.1, -0.05) is 50.2 Å². The van der Waals surface area contributed by atoms with Crippen LogP contribution in [0.25, 0.3) is 10.8 Å². The van der Waals surface area contributed by atoms with Crippen LogP contribution in [0, 0.1) is 5.92 Å². The van der Waals surface area contributed by atoms with E-state index >= 15 is 0 Å². The molecule has 0 saturated carbocycles. The number of rotatable bonds is 6. The van der Waals surface area contributed by atoms with Gasteiger partial charge in [-0.2, -0.15) is 0 Å². The highest BCUT2D eigenvalue weighted by Gasteiger charge is 2.16. The topological polar surface area (TPSA) is 21.3 Å². The second-order valence-corrected chi connectivity index (χ2v) is 5.80. The summed E-state index contributed by atoms with van der Waals surface area (Å²) in [4.78, 5) is 0. The SMILES string of the molecule is COCC(NC(C)c1ccc2ccccc2c1)C(C)C. The third-order valence-corrected chi connectivity index (χ3v) is 3.89. The first-order chi connectivity index (χ1) is 9.61. The van der Waals surface area contributed by atoms with Crippen molar-refractivity contribution in [1.82, 2.24) is 5.32 Å². The lowest BCUT2D eigenvalue weighted by atomic mass is 9.99. The summed E-state index contributed by atoms with van der Waals surface area (Å²) in [6, 6.07) is 15.9. The number of hydrogen-bond donors (Lipinski definition) is 1. The molecule has 0 aliphatic rings. The Morgan fingerprint density at radius 3 is 2.35 bits per heavy atom. The molecular weight excluding hydrogens is 246 g/mol. The predicted molar refractivity (Wildman–Crippen MR) is 86.0 cm³/mol. The predicted octanol–water partition coefficient (Wildman–Crippen LogP) is 4.16. The van der Waals surface area contributed by atoms with Gasteiger partial charge in [0.2, 0.25) is 0 Å². The Morgan fingerprint density at radius 2 is 1.70 bits per heavy atom. The lowest BCUT2D eigenvalue weighted by Crippen LogP contribution is -2.39. The molecule has 0 fully saturated rings. The van der Waals surface area contributed by atoms with Crippen molar-refractivity contribution in [3.63, 3.8) is 0 Å². The van der Waals surface area contributed by atoms with Gasteiger partial charge in [0, 0.05) is 19.2 Å². The van der Waals surface area contributed by atoms with Gasteiger partial charge in [-0.05, 0) is 35.2 Å². The maximum absolute atomic E-state index is 5.31. The molecule has 2 rings (SSSR count). The van der Waals surface area contributed by atoms with Crippen LogP contribution in [0.4, 0.5) is 0 Å². The molecule has 0 spiro atoms. The molecule has 20 heavy (non-hydrogen) atoms. The fourth-order valence-corrected chi connectivity index (χ4v) is 2.51. The van der Waals surface area contributed by atoms with Gasteiger partial charge < -0.3 is 10.1 Å². The van der Waals surface area contributed by atoms with Crippen molar-refractivity contribution in [2.45, 2.75) is 32.9 Å². The monoisotopic (exact) mass is 271 g/mol. The van der Waals surface area contributed by atoms with Crippen molar-refractivity contribution in [2.75, 3.05) is 13.7 Å². The van der Waals surface area contributed by atoms with Crippen LogP contribution < -0.4 is 5.32 Å². The minimum absolute atomic E-state index is 0.321. The quantitative estimate of drug-likeness (QED) is 0.851. The first-order valence-corrected chi connectivity index (χ1v) is 7.35. The Hall–Kier alpha value is -1.38. The number of methoxy groups -OCH3 is 1. The van der Waals surface area contributed by atoms with E-state index < -0.39 is 0 Å². The molecule has 2 heteroatoms. The van der Waals surface area contributed by atoms with E-state index in [1.807, 2.05) is 0 Å². The maximum atomic E-state index is 5.31. The van der Waals surface area contributed by atoms with E-state index in [9.17, 15) is 0 Å². The lowest BCUT2D eigenvalue weighted by Gasteiger charge is -2.26. The number of ether oxygens (including phenoxy) is 1. The highest BCUT2D eigenvalue weighted by atomic mass is 16.5. The van der Waals surface area contributed by atoms with Gasteiger partial charge in [-0.15, -0.1) is 0 Å². The van der Waals surface area contributed by atoms with Crippen molar-refractivity contribution >= 4 is 10.8 Å². The summed E-state index contributed by atoms with van der Waals surface area (Å²) in [5, 5.41) is 6.26. The normalized spacial score (nSPS) is 14.7. The van der Waals surface area contributed by atoms with Gasteiger partial charge in [-0.25, -0.2) is 0 Å². The van der Waals surface area contributed by atoms with E-state index in [0.717, 1.165) is 6.61 Å². The lowest BCUT2D eigenvalue weighted by molar-refractivity contribution is 0.141. The van der Waals surface area contributed by atoms with Crippen LogP contribution in [0.2, 0.25) is 0 Å². The van der Waals surface area contributed by atoms with E-state index in [2.05, 4.69) is 68.6 Å². The van der Waals surface area contributed by atoms with E-state index in [4.69, 9.17) is 4.74 Å². The molecule has 0 radical (unpaired) electrons. The molecule has 2 aromatic rings. The Morgan fingerprint density at radius 1 is 1.00 bits per heavy atom. The molecule has 0 aromatic heterocycles. The van der Waals surface area contributed by atoms with Crippen LogP contribution >= 0.6 is 0 Å². The van der Waals surface area contributed by atoms with Gasteiger partial charge in [0.15, 0.2) is 0 Å². The Kier molecular flexibility index (Phi) is 5.16. The van der Waals surface area contributed by atoms with Crippen molar-refractivity contribution < 1.29 is 4.74 Å². The fraction of sp³-hybridized carbons (Fsp3) is 0.444. The van der Waals surface area contributed by atoms with Crippen LogP contribution in [-0.2, 0) is 4.74 Å². The third kappa shape index (κ3) is 3.59. The largest absolute Gasteiger partial charge is 0.383 e. The average molecular weight is 271 g/mol. The first-order valence-electron chi connectivity index (χ1n) is 7.35. The molecule has 0 aliphatic heterocycles. The molecule has 2 aromatic carbocycles. The Labute approximate surface area is 122 Å².